The summed E-state index contributed by atoms with van der Waals surface area (Å²) in [6.45, 7) is 9.44. The fourth-order valence-corrected chi connectivity index (χ4v) is 2.54. The molecule has 1 fully saturated rings. The van der Waals surface area contributed by atoms with Gasteiger partial charge in [-0.25, -0.2) is 0 Å². The molecule has 23 heavy (non-hydrogen) atoms. The van der Waals surface area contributed by atoms with Gasteiger partial charge >= 0.3 is 0 Å². The van der Waals surface area contributed by atoms with Crippen LogP contribution < -0.4 is 5.32 Å². The molecule has 1 N–H and O–H groups in total. The van der Waals surface area contributed by atoms with Crippen LogP contribution in [0.1, 0.15) is 31.1 Å². The van der Waals surface area contributed by atoms with E-state index in [1.54, 1.807) is 0 Å². The molecule has 5 heteroatoms. The number of amides is 2. The summed E-state index contributed by atoms with van der Waals surface area (Å²) in [6, 6.07) is 9.53. The van der Waals surface area contributed by atoms with E-state index in [4.69, 9.17) is 0 Å². The van der Waals surface area contributed by atoms with Gasteiger partial charge in [-0.3, -0.25) is 14.5 Å². The van der Waals surface area contributed by atoms with Gasteiger partial charge in [0.2, 0.25) is 5.91 Å². The van der Waals surface area contributed by atoms with E-state index in [0.29, 0.717) is 25.6 Å². The number of rotatable bonds is 5. The summed E-state index contributed by atoms with van der Waals surface area (Å²) >= 11 is 0. The zero-order chi connectivity index (χ0) is 16.8. The molecule has 0 spiro atoms. The zero-order valence-corrected chi connectivity index (χ0v) is 14.3. The predicted octanol–water partition coefficient (Wildman–Crippen LogP) is 1.61. The highest BCUT2D eigenvalue weighted by Crippen LogP contribution is 2.08. The quantitative estimate of drug-likeness (QED) is 0.897. The van der Waals surface area contributed by atoms with E-state index >= 15 is 0 Å². The molecule has 1 saturated heterocycles. The van der Waals surface area contributed by atoms with Crippen LogP contribution in [0.3, 0.4) is 0 Å². The van der Waals surface area contributed by atoms with Crippen molar-refractivity contribution in [1.82, 2.24) is 15.1 Å². The second-order valence-corrected chi connectivity index (χ2v) is 6.53. The lowest BCUT2D eigenvalue weighted by atomic mass is 10.1. The average molecular weight is 317 g/mol. The van der Waals surface area contributed by atoms with E-state index in [2.05, 4.69) is 24.1 Å². The van der Waals surface area contributed by atoms with Crippen LogP contribution >= 0.6 is 0 Å². The van der Waals surface area contributed by atoms with Crippen LogP contribution in [-0.2, 0) is 4.79 Å². The zero-order valence-electron chi connectivity index (χ0n) is 14.3. The van der Waals surface area contributed by atoms with E-state index in [1.807, 2.05) is 42.2 Å². The molecular weight excluding hydrogens is 290 g/mol. The van der Waals surface area contributed by atoms with E-state index in [1.165, 1.54) is 0 Å². The SMILES string of the molecule is CC(C)[C@@H](C)NC(=O)CN1CCN(C(=O)c2ccccc2)CC1. The molecule has 1 aromatic carbocycles. The summed E-state index contributed by atoms with van der Waals surface area (Å²) in [5.74, 6) is 0.566. The Kier molecular flexibility index (Phi) is 6.16. The van der Waals surface area contributed by atoms with Crippen LogP contribution in [0, 0.1) is 5.92 Å². The first-order valence-corrected chi connectivity index (χ1v) is 8.33. The van der Waals surface area contributed by atoms with E-state index < -0.39 is 0 Å². The maximum absolute atomic E-state index is 12.4. The van der Waals surface area contributed by atoms with Crippen molar-refractivity contribution >= 4 is 11.8 Å². The molecule has 0 saturated carbocycles. The summed E-state index contributed by atoms with van der Waals surface area (Å²) in [5.41, 5.74) is 0.726. The Bertz CT molecular complexity index is 522. The number of hydrogen-bond donors (Lipinski definition) is 1. The highest BCUT2D eigenvalue weighted by molar-refractivity contribution is 5.94. The number of carbonyl (C=O) groups is 2. The van der Waals surface area contributed by atoms with E-state index in [-0.39, 0.29) is 17.9 Å². The van der Waals surface area contributed by atoms with Crippen LogP contribution in [0.15, 0.2) is 30.3 Å². The number of carbonyl (C=O) groups excluding carboxylic acids is 2. The van der Waals surface area contributed by atoms with Gasteiger partial charge in [-0.2, -0.15) is 0 Å². The van der Waals surface area contributed by atoms with Crippen LogP contribution in [0.4, 0.5) is 0 Å². The maximum Gasteiger partial charge on any atom is 0.253 e. The van der Waals surface area contributed by atoms with Crippen molar-refractivity contribution in [2.45, 2.75) is 26.8 Å². The molecule has 2 rings (SSSR count). The fourth-order valence-electron chi connectivity index (χ4n) is 2.54. The number of hydrogen-bond acceptors (Lipinski definition) is 3. The Morgan fingerprint density at radius 1 is 1.04 bits per heavy atom. The molecule has 2 amide bonds. The highest BCUT2D eigenvalue weighted by atomic mass is 16.2. The Hall–Kier alpha value is -1.88. The second kappa shape index (κ2) is 8.11. The third-order valence-corrected chi connectivity index (χ3v) is 4.44. The molecular formula is C18H27N3O2. The lowest BCUT2D eigenvalue weighted by Gasteiger charge is -2.34. The molecule has 1 aromatic rings. The van der Waals surface area contributed by atoms with Crippen LogP contribution in [0.25, 0.3) is 0 Å². The first-order valence-electron chi connectivity index (χ1n) is 8.33. The van der Waals surface area contributed by atoms with Crippen molar-refractivity contribution in [3.05, 3.63) is 35.9 Å². The van der Waals surface area contributed by atoms with E-state index in [9.17, 15) is 9.59 Å². The van der Waals surface area contributed by atoms with Crippen molar-refractivity contribution in [2.75, 3.05) is 32.7 Å². The summed E-state index contributed by atoms with van der Waals surface area (Å²) in [4.78, 5) is 28.4. The molecule has 0 radical (unpaired) electrons. The van der Waals surface area contributed by atoms with Crippen LogP contribution in [0.2, 0.25) is 0 Å². The minimum absolute atomic E-state index is 0.0639. The third kappa shape index (κ3) is 5.06. The van der Waals surface area contributed by atoms with Crippen molar-refractivity contribution in [2.24, 2.45) is 5.92 Å². The summed E-state index contributed by atoms with van der Waals surface area (Å²) in [6.07, 6.45) is 0. The van der Waals surface area contributed by atoms with E-state index in [0.717, 1.165) is 18.7 Å². The second-order valence-electron chi connectivity index (χ2n) is 6.53. The largest absolute Gasteiger partial charge is 0.352 e. The normalized spacial score (nSPS) is 17.1. The van der Waals surface area contributed by atoms with Gasteiger partial charge in [0.05, 0.1) is 6.54 Å². The highest BCUT2D eigenvalue weighted by Gasteiger charge is 2.23. The molecule has 0 bridgehead atoms. The minimum atomic E-state index is 0.0639. The van der Waals surface area contributed by atoms with Gasteiger partial charge < -0.3 is 10.2 Å². The first kappa shape index (κ1) is 17.5. The Morgan fingerprint density at radius 2 is 1.65 bits per heavy atom. The van der Waals surface area contributed by atoms with Crippen molar-refractivity contribution in [1.29, 1.82) is 0 Å². The Labute approximate surface area is 138 Å². The standard InChI is InChI=1S/C18H27N3O2/c1-14(2)15(3)19-17(22)13-20-9-11-21(12-10-20)18(23)16-7-5-4-6-8-16/h4-8,14-15H,9-13H2,1-3H3,(H,19,22)/t15-/m1/s1. The third-order valence-electron chi connectivity index (χ3n) is 4.44. The molecule has 0 aromatic heterocycles. The molecule has 0 aliphatic carbocycles. The number of piperazine rings is 1. The molecule has 1 aliphatic rings. The number of nitrogens with one attached hydrogen (secondary N) is 1. The maximum atomic E-state index is 12.4. The fraction of sp³-hybridized carbons (Fsp3) is 0.556. The number of nitrogens with zero attached hydrogens (tertiary/aromatic N) is 2. The molecule has 1 aliphatic heterocycles. The topological polar surface area (TPSA) is 52.7 Å². The molecule has 1 atom stereocenters. The lowest BCUT2D eigenvalue weighted by Crippen LogP contribution is -2.52. The summed E-state index contributed by atoms with van der Waals surface area (Å²) < 4.78 is 0. The van der Waals surface area contributed by atoms with Gasteiger partial charge in [-0.05, 0) is 25.0 Å². The Balaban J connectivity index is 1.78. The molecule has 1 heterocycles. The molecule has 5 nitrogen and oxygen atoms in total. The van der Waals surface area contributed by atoms with Gasteiger partial charge in [0.1, 0.15) is 0 Å². The number of benzene rings is 1. The first-order chi connectivity index (χ1) is 11.0. The molecule has 126 valence electrons. The van der Waals surface area contributed by atoms with Crippen molar-refractivity contribution in [3.8, 4) is 0 Å². The van der Waals surface area contributed by atoms with Gasteiger partial charge in [0.15, 0.2) is 0 Å². The van der Waals surface area contributed by atoms with Gasteiger partial charge in [-0.1, -0.05) is 32.0 Å². The van der Waals surface area contributed by atoms with Gasteiger partial charge in [-0.15, -0.1) is 0 Å². The average Bonchev–Trinajstić information content (AvgIpc) is 2.55. The predicted molar refractivity (Wildman–Crippen MR) is 91.2 cm³/mol. The van der Waals surface area contributed by atoms with Crippen molar-refractivity contribution < 1.29 is 9.59 Å². The van der Waals surface area contributed by atoms with Gasteiger partial charge in [0.25, 0.3) is 5.91 Å². The van der Waals surface area contributed by atoms with Crippen molar-refractivity contribution in [3.63, 3.8) is 0 Å². The molecule has 0 unspecified atom stereocenters. The Morgan fingerprint density at radius 3 is 2.22 bits per heavy atom. The lowest BCUT2D eigenvalue weighted by molar-refractivity contribution is -0.123. The van der Waals surface area contributed by atoms with Crippen LogP contribution in [0.5, 0.6) is 0 Å². The summed E-state index contributed by atoms with van der Waals surface area (Å²) in [5, 5.41) is 3.03. The minimum Gasteiger partial charge on any atom is -0.352 e. The monoisotopic (exact) mass is 317 g/mol. The smallest absolute Gasteiger partial charge is 0.253 e. The summed E-state index contributed by atoms with van der Waals surface area (Å²) in [7, 11) is 0. The van der Waals surface area contributed by atoms with Gasteiger partial charge in [0, 0.05) is 37.8 Å². The van der Waals surface area contributed by atoms with Crippen LogP contribution in [-0.4, -0.2) is 60.4 Å².